The molecule has 7 N–H and O–H groups in total. The van der Waals surface area contributed by atoms with Crippen molar-refractivity contribution in [2.75, 3.05) is 19.8 Å². The molecule has 0 radical (unpaired) electrons. The molecule has 58 heavy (non-hydrogen) atoms. The molecule has 3 aliphatic heterocycles. The zero-order chi connectivity index (χ0) is 42.2. The van der Waals surface area contributed by atoms with E-state index in [1.165, 1.54) is 6.92 Å². The first-order chi connectivity index (χ1) is 27.0. The molecule has 0 amide bonds. The van der Waals surface area contributed by atoms with Crippen LogP contribution in [-0.2, 0) is 33.2 Å². The summed E-state index contributed by atoms with van der Waals surface area (Å²) in [5.41, 5.74) is -1.98. The number of hydrogen-bond donors (Lipinski definition) is 7. The van der Waals surface area contributed by atoms with Crippen LogP contribution < -0.4 is 0 Å². The van der Waals surface area contributed by atoms with Crippen molar-refractivity contribution in [3.05, 3.63) is 12.2 Å². The van der Waals surface area contributed by atoms with Gasteiger partial charge < -0.3 is 64.2 Å². The van der Waals surface area contributed by atoms with E-state index >= 15 is 0 Å². The first kappa shape index (κ1) is 43.4. The number of allylic oxidation sites excluding steroid dienone is 1. The quantitative estimate of drug-likeness (QED) is 0.112. The topological polar surface area (TPSA) is 214 Å². The van der Waals surface area contributed by atoms with Crippen molar-refractivity contribution in [3.8, 4) is 0 Å². The van der Waals surface area contributed by atoms with Gasteiger partial charge in [-0.05, 0) is 86.4 Å². The summed E-state index contributed by atoms with van der Waals surface area (Å²) < 4.78 is 36.5. The third-order valence-electron chi connectivity index (χ3n) is 18.2. The van der Waals surface area contributed by atoms with Crippen molar-refractivity contribution in [3.63, 3.8) is 0 Å². The minimum Gasteiger partial charge on any atom is -0.463 e. The Bertz CT molecular complexity index is 1610. The lowest BCUT2D eigenvalue weighted by molar-refractivity contribution is -0.367. The first-order valence-electron chi connectivity index (χ1n) is 21.8. The predicted molar refractivity (Wildman–Crippen MR) is 206 cm³/mol. The third kappa shape index (κ3) is 5.97. The molecule has 0 aromatic carbocycles. The van der Waals surface area contributed by atoms with E-state index in [0.717, 1.165) is 38.5 Å². The number of carbonyl (C=O) groups excluding carboxylic acids is 1. The molecule has 2 bridgehead atoms. The zero-order valence-electron chi connectivity index (χ0n) is 35.6. The van der Waals surface area contributed by atoms with Gasteiger partial charge in [0.1, 0.15) is 49.3 Å². The Kier molecular flexibility index (Phi) is 10.8. The maximum absolute atomic E-state index is 12.2. The van der Waals surface area contributed by atoms with Gasteiger partial charge in [-0.25, -0.2) is 0 Å². The fourth-order valence-corrected chi connectivity index (χ4v) is 14.5. The molecule has 8 aliphatic rings. The third-order valence-corrected chi connectivity index (χ3v) is 18.2. The molecule has 0 aromatic heterocycles. The maximum atomic E-state index is 12.2. The molecular weight excluding hydrogens is 752 g/mol. The molecule has 21 atom stereocenters. The summed E-state index contributed by atoms with van der Waals surface area (Å²) in [4.78, 5) is 11.4. The summed E-state index contributed by atoms with van der Waals surface area (Å²) in [5, 5.41) is 78.2. The number of rotatable bonds is 7. The van der Waals surface area contributed by atoms with Crippen LogP contribution in [0.5, 0.6) is 0 Å². The molecule has 330 valence electrons. The second-order valence-electron chi connectivity index (χ2n) is 21.6. The highest BCUT2D eigenvalue weighted by molar-refractivity contribution is 5.65. The van der Waals surface area contributed by atoms with Crippen LogP contribution in [0.3, 0.4) is 0 Å². The van der Waals surface area contributed by atoms with Gasteiger partial charge in [-0.3, -0.25) is 4.79 Å². The van der Waals surface area contributed by atoms with Crippen LogP contribution in [0.2, 0.25) is 0 Å². The molecule has 3 heterocycles. The van der Waals surface area contributed by atoms with Crippen LogP contribution >= 0.6 is 0 Å². The number of hydrogen-bond acceptors (Lipinski definition) is 14. The van der Waals surface area contributed by atoms with Gasteiger partial charge in [0.25, 0.3) is 0 Å². The zero-order valence-corrected chi connectivity index (χ0v) is 35.6. The van der Waals surface area contributed by atoms with Crippen LogP contribution in [0.1, 0.15) is 107 Å². The summed E-state index contributed by atoms with van der Waals surface area (Å²) in [5.74, 6) is -0.223. The number of ether oxygens (including phenoxy) is 6. The lowest BCUT2D eigenvalue weighted by Crippen LogP contribution is -2.72. The normalized spacial score (nSPS) is 57.1. The summed E-state index contributed by atoms with van der Waals surface area (Å²) in [6.07, 6.45) is -3.78. The lowest BCUT2D eigenvalue weighted by atomic mass is 9.32. The standard InChI is InChI=1S/C44H70O14/c1-22-30(48)35(58-36-33(51)32(50)31(49)24(56-36)19-53-23(2)46)34(52)37(55-22)57-29-11-12-39(5)25(40(29,6)20-45)9-13-41(7)26(39)10-14-44-27-17-38(3,4)15-16-43(27,21-54-44)28(47)18-42(41,44)8/h10,14,22,24-37,45,47-52H,9,11-13,15-21H2,1-8H3/t22-,24-,25-,26-,27-,28+,29-,30+,31-,32+,33-,34-,35+,36+,37+,39+,40-,41-,42+,43-,44+/m1/s1. The van der Waals surface area contributed by atoms with E-state index in [1.807, 2.05) is 0 Å². The smallest absolute Gasteiger partial charge is 0.302 e. The Hall–Kier alpha value is -1.27. The lowest BCUT2D eigenvalue weighted by Gasteiger charge is -2.73. The molecule has 0 aromatic rings. The highest BCUT2D eigenvalue weighted by atomic mass is 16.7. The largest absolute Gasteiger partial charge is 0.463 e. The summed E-state index contributed by atoms with van der Waals surface area (Å²) >= 11 is 0. The highest BCUT2D eigenvalue weighted by Crippen LogP contribution is 2.79. The highest BCUT2D eigenvalue weighted by Gasteiger charge is 2.79. The number of aliphatic hydroxyl groups is 7. The Balaban J connectivity index is 1.03. The van der Waals surface area contributed by atoms with Crippen LogP contribution in [0.4, 0.5) is 0 Å². The molecule has 14 nitrogen and oxygen atoms in total. The number of aliphatic hydroxyl groups excluding tert-OH is 7. The van der Waals surface area contributed by atoms with Gasteiger partial charge in [0.05, 0.1) is 37.1 Å². The second-order valence-corrected chi connectivity index (χ2v) is 21.6. The van der Waals surface area contributed by atoms with Gasteiger partial charge in [-0.1, -0.05) is 53.7 Å². The van der Waals surface area contributed by atoms with Crippen LogP contribution in [-0.4, -0.2) is 141 Å². The maximum Gasteiger partial charge on any atom is 0.302 e. The van der Waals surface area contributed by atoms with E-state index in [4.69, 9.17) is 28.4 Å². The van der Waals surface area contributed by atoms with Crippen LogP contribution in [0.15, 0.2) is 12.2 Å². The van der Waals surface area contributed by atoms with E-state index in [2.05, 4.69) is 53.7 Å². The van der Waals surface area contributed by atoms with E-state index in [0.29, 0.717) is 19.4 Å². The van der Waals surface area contributed by atoms with Gasteiger partial charge >= 0.3 is 5.97 Å². The Labute approximate surface area is 342 Å². The summed E-state index contributed by atoms with van der Waals surface area (Å²) in [6, 6.07) is 0. The number of carbonyl (C=O) groups is 1. The van der Waals surface area contributed by atoms with Crippen molar-refractivity contribution in [2.45, 2.75) is 186 Å². The number of esters is 1. The molecule has 4 saturated carbocycles. The average molecular weight is 823 g/mol. The monoisotopic (exact) mass is 822 g/mol. The van der Waals surface area contributed by atoms with E-state index < -0.39 is 97.2 Å². The van der Waals surface area contributed by atoms with E-state index in [9.17, 15) is 40.5 Å². The summed E-state index contributed by atoms with van der Waals surface area (Å²) in [7, 11) is 0. The van der Waals surface area contributed by atoms with Gasteiger partial charge in [0, 0.05) is 29.1 Å². The van der Waals surface area contributed by atoms with Crippen molar-refractivity contribution in [2.24, 2.45) is 50.2 Å². The molecule has 3 saturated heterocycles. The Morgan fingerprint density at radius 3 is 2.19 bits per heavy atom. The van der Waals surface area contributed by atoms with Crippen molar-refractivity contribution in [1.82, 2.24) is 0 Å². The minimum absolute atomic E-state index is 0.0264. The van der Waals surface area contributed by atoms with Crippen LogP contribution in [0.25, 0.3) is 0 Å². The minimum atomic E-state index is -1.76. The average Bonchev–Trinajstić information content (AvgIpc) is 3.44. The van der Waals surface area contributed by atoms with Gasteiger partial charge in [0.2, 0.25) is 0 Å². The molecule has 1 spiro atoms. The Morgan fingerprint density at radius 1 is 0.793 bits per heavy atom. The van der Waals surface area contributed by atoms with Gasteiger partial charge in [0.15, 0.2) is 12.6 Å². The SMILES string of the molecule is CC(=O)OC[C@H]1O[C@@H](O[C@H]2[C@@H](O)[C@@H](C)O[C@@H](O[C@@H]3CC[C@@]4(C)[C@@H](CC[C@]5(C)[C@@H]4C=C[C@]46OC[C@@]7(CCC(C)(C)C[C@H]74)[C@@H](O)C[C@]65C)[C@@]3(C)CO)[C@@H]2O)[C@H](O)[C@@H](O)[C@@H]1O. The molecule has 0 unspecified atom stereocenters. The number of fused-ring (bicyclic) bond motifs is 4. The first-order valence-corrected chi connectivity index (χ1v) is 21.8. The van der Waals surface area contributed by atoms with E-state index in [1.54, 1.807) is 6.92 Å². The Morgan fingerprint density at radius 2 is 1.50 bits per heavy atom. The fraction of sp³-hybridized carbons (Fsp3) is 0.932. The fourth-order valence-electron chi connectivity index (χ4n) is 14.5. The predicted octanol–water partition coefficient (Wildman–Crippen LogP) is 2.35. The molecular formula is C44H70O14. The second kappa shape index (κ2) is 14.4. The van der Waals surface area contributed by atoms with Gasteiger partial charge in [-0.2, -0.15) is 0 Å². The van der Waals surface area contributed by atoms with Crippen molar-refractivity contribution in [1.29, 1.82) is 0 Å². The van der Waals surface area contributed by atoms with Crippen LogP contribution in [0, 0.1) is 50.2 Å². The van der Waals surface area contributed by atoms with Crippen molar-refractivity contribution >= 4 is 5.97 Å². The molecule has 8 rings (SSSR count). The van der Waals surface area contributed by atoms with Gasteiger partial charge in [-0.15, -0.1) is 0 Å². The molecule has 5 aliphatic carbocycles. The van der Waals surface area contributed by atoms with E-state index in [-0.39, 0.29) is 51.4 Å². The van der Waals surface area contributed by atoms with Crippen molar-refractivity contribution < 1.29 is 69.0 Å². The molecule has 7 fully saturated rings. The molecule has 14 heteroatoms. The summed E-state index contributed by atoms with van der Waals surface area (Å²) in [6.45, 7) is 16.8.